The van der Waals surface area contributed by atoms with Gasteiger partial charge in [0.15, 0.2) is 0 Å². The van der Waals surface area contributed by atoms with Crippen molar-refractivity contribution in [1.29, 1.82) is 0 Å². The molecule has 0 aromatic carbocycles. The van der Waals surface area contributed by atoms with Crippen LogP contribution in [0.2, 0.25) is 0 Å². The predicted molar refractivity (Wildman–Crippen MR) is 21.5 cm³/mol. The van der Waals surface area contributed by atoms with E-state index in [9.17, 15) is 13.2 Å². The molecule has 52 valence electrons. The third kappa shape index (κ3) is 3.19. The van der Waals surface area contributed by atoms with Gasteiger partial charge in [0.25, 0.3) is 0 Å². The molecular formula is C2HCl2F3I-. The van der Waals surface area contributed by atoms with Gasteiger partial charge in [0.05, 0.1) is 0 Å². The molecule has 0 radical (unpaired) electrons. The quantitative estimate of drug-likeness (QED) is 0.466. The maximum atomic E-state index is 11.7. The Labute approximate surface area is 63.3 Å². The average Bonchev–Trinajstić information content (AvgIpc) is 1.62. The zero-order valence-electron chi connectivity index (χ0n) is 3.35. The fraction of sp³-hybridized carbons (Fsp3) is 1.00. The van der Waals surface area contributed by atoms with Crippen molar-refractivity contribution < 1.29 is 33.2 Å². The summed E-state index contributed by atoms with van der Waals surface area (Å²) in [4.78, 5) is 0. The minimum atomic E-state index is -3.77. The number of halogens is 6. The molecule has 0 spiro atoms. The fourth-order valence-electron chi connectivity index (χ4n) is 0.0468. The molecule has 0 amide bonds. The van der Waals surface area contributed by atoms with Crippen LogP contribution in [0.5, 0.6) is 0 Å². The van der Waals surface area contributed by atoms with Crippen LogP contribution in [-0.2, 0) is 0 Å². The third-order valence-corrected chi connectivity index (χ3v) is 3.05. The molecule has 8 heavy (non-hydrogen) atoms. The van der Waals surface area contributed by atoms with Crippen LogP contribution in [-0.4, -0.2) is 9.56 Å². The second-order valence-electron chi connectivity index (χ2n) is 0.925. The fourth-order valence-corrected chi connectivity index (χ4v) is 1.57. The van der Waals surface area contributed by atoms with Crippen molar-refractivity contribution >= 4 is 20.5 Å². The van der Waals surface area contributed by atoms with Gasteiger partial charge >= 0.3 is 63.3 Å². The third-order valence-electron chi connectivity index (χ3n) is 0.320. The number of hydrogen-bond acceptors (Lipinski definition) is 0. The minimum absolute atomic E-state index is 1.62. The van der Waals surface area contributed by atoms with Crippen molar-refractivity contribution in [1.82, 2.24) is 0 Å². The molecule has 0 aliphatic rings. The second kappa shape index (κ2) is 3.31. The SMILES string of the molecule is FC([I-]Cl)C(F)(F)Cl. The molecule has 0 saturated carbocycles. The summed E-state index contributed by atoms with van der Waals surface area (Å²) >= 11 is 2.60. The van der Waals surface area contributed by atoms with Gasteiger partial charge in [0, 0.05) is 0 Å². The molecular weight excluding hydrogens is 279 g/mol. The van der Waals surface area contributed by atoms with E-state index in [2.05, 4.69) is 11.6 Å². The molecule has 1 atom stereocenters. The van der Waals surface area contributed by atoms with Crippen LogP contribution in [0.4, 0.5) is 13.2 Å². The van der Waals surface area contributed by atoms with Crippen molar-refractivity contribution in [2.75, 3.05) is 0 Å². The zero-order chi connectivity index (χ0) is 6.78. The summed E-state index contributed by atoms with van der Waals surface area (Å²) in [6.07, 6.45) is 0. The summed E-state index contributed by atoms with van der Waals surface area (Å²) in [7, 11) is 4.81. The maximum absolute atomic E-state index is 11.7. The molecule has 0 aliphatic carbocycles. The Balaban J connectivity index is 3.62. The first kappa shape index (κ1) is 9.10. The molecule has 0 fully saturated rings. The Bertz CT molecular complexity index is 72.2. The number of hydrogen-bond donors (Lipinski definition) is 0. The zero-order valence-corrected chi connectivity index (χ0v) is 7.01. The van der Waals surface area contributed by atoms with E-state index >= 15 is 0 Å². The Kier molecular flexibility index (Phi) is 3.77. The van der Waals surface area contributed by atoms with Gasteiger partial charge in [-0.15, -0.1) is 0 Å². The van der Waals surface area contributed by atoms with Crippen LogP contribution in [0.25, 0.3) is 0 Å². The Morgan fingerprint density at radius 2 is 1.88 bits per heavy atom. The molecule has 0 aromatic rings. The summed E-state index contributed by atoms with van der Waals surface area (Å²) < 4.78 is 32.2. The molecule has 0 heterocycles. The van der Waals surface area contributed by atoms with Gasteiger partial charge < -0.3 is 0 Å². The average molecular weight is 280 g/mol. The van der Waals surface area contributed by atoms with E-state index in [-0.39, 0.29) is 0 Å². The molecule has 0 saturated heterocycles. The Morgan fingerprint density at radius 1 is 1.50 bits per heavy atom. The van der Waals surface area contributed by atoms with Crippen molar-refractivity contribution in [3.63, 3.8) is 0 Å². The van der Waals surface area contributed by atoms with Crippen LogP contribution in [0.1, 0.15) is 0 Å². The van der Waals surface area contributed by atoms with Crippen molar-refractivity contribution in [3.05, 3.63) is 0 Å². The van der Waals surface area contributed by atoms with Crippen molar-refractivity contribution in [3.8, 4) is 0 Å². The van der Waals surface area contributed by atoms with Gasteiger partial charge in [0.2, 0.25) is 0 Å². The molecule has 0 N–H and O–H groups in total. The van der Waals surface area contributed by atoms with E-state index < -0.39 is 29.6 Å². The summed E-state index contributed by atoms with van der Waals surface area (Å²) in [6.45, 7) is 0. The summed E-state index contributed by atoms with van der Waals surface area (Å²) in [6, 6.07) is 0. The van der Waals surface area contributed by atoms with Gasteiger partial charge in [-0.3, -0.25) is 0 Å². The van der Waals surface area contributed by atoms with E-state index in [1.165, 1.54) is 0 Å². The summed E-state index contributed by atoms with van der Waals surface area (Å²) in [5.74, 6) is 0. The van der Waals surface area contributed by atoms with E-state index in [0.717, 1.165) is 0 Å². The molecule has 6 heteroatoms. The Morgan fingerprint density at radius 3 is 1.88 bits per heavy atom. The van der Waals surface area contributed by atoms with Gasteiger partial charge in [-0.25, -0.2) is 0 Å². The molecule has 0 aromatic heterocycles. The van der Waals surface area contributed by atoms with Crippen LogP contribution in [0.15, 0.2) is 0 Å². The second-order valence-corrected chi connectivity index (χ2v) is 4.10. The molecule has 1 unspecified atom stereocenters. The Hall–Kier alpha value is 1.10. The van der Waals surface area contributed by atoms with Gasteiger partial charge in [0.1, 0.15) is 0 Å². The van der Waals surface area contributed by atoms with Crippen molar-refractivity contribution in [2.24, 2.45) is 0 Å². The first-order valence-electron chi connectivity index (χ1n) is 1.43. The van der Waals surface area contributed by atoms with Crippen LogP contribution < -0.4 is 20.1 Å². The van der Waals surface area contributed by atoms with Crippen molar-refractivity contribution in [2.45, 2.75) is 9.56 Å². The van der Waals surface area contributed by atoms with E-state index in [1.54, 1.807) is 0 Å². The van der Waals surface area contributed by atoms with Crippen LogP contribution >= 0.6 is 20.5 Å². The molecule has 0 rings (SSSR count). The van der Waals surface area contributed by atoms with Gasteiger partial charge in [-0.1, -0.05) is 0 Å². The standard InChI is InChI=1S/C2HCl2F3I/c3-2(6,7)1(5)8-4/h1H/q-1. The summed E-state index contributed by atoms with van der Waals surface area (Å²) in [5.41, 5.74) is 0. The molecule has 0 nitrogen and oxygen atoms in total. The number of alkyl halides is 5. The van der Waals surface area contributed by atoms with E-state index in [0.29, 0.717) is 0 Å². The molecule has 0 aliphatic heterocycles. The monoisotopic (exact) mass is 279 g/mol. The number of rotatable bonds is 2. The normalized spacial score (nSPS) is 16.6. The topological polar surface area (TPSA) is 0 Å². The van der Waals surface area contributed by atoms with Crippen LogP contribution in [0.3, 0.4) is 0 Å². The predicted octanol–water partition coefficient (Wildman–Crippen LogP) is -0.644. The first-order valence-corrected chi connectivity index (χ1v) is 5.79. The van der Waals surface area contributed by atoms with E-state index in [1.807, 2.05) is 0 Å². The van der Waals surface area contributed by atoms with Gasteiger partial charge in [-0.05, 0) is 0 Å². The first-order chi connectivity index (χ1) is 3.48. The van der Waals surface area contributed by atoms with E-state index in [4.69, 9.17) is 8.91 Å². The van der Waals surface area contributed by atoms with Gasteiger partial charge in [-0.2, -0.15) is 0 Å². The summed E-state index contributed by atoms with van der Waals surface area (Å²) in [5, 5.41) is -3.77. The van der Waals surface area contributed by atoms with Crippen LogP contribution in [0, 0.1) is 0 Å². The molecule has 0 bridgehead atoms.